The van der Waals surface area contributed by atoms with Crippen molar-refractivity contribution >= 4 is 44.0 Å². The van der Waals surface area contributed by atoms with Gasteiger partial charge in [-0.05, 0) is 30.7 Å². The molecule has 0 bridgehead atoms. The molecule has 0 aliphatic rings. The van der Waals surface area contributed by atoms with Gasteiger partial charge in [-0.2, -0.15) is 13.2 Å². The molecule has 3 heterocycles. The van der Waals surface area contributed by atoms with Crippen molar-refractivity contribution in [3.05, 3.63) is 60.2 Å². The van der Waals surface area contributed by atoms with Crippen LogP contribution in [0.2, 0.25) is 0 Å². The Balaban J connectivity index is 1.61. The molecule has 10 heteroatoms. The fourth-order valence-corrected chi connectivity index (χ4v) is 3.32. The van der Waals surface area contributed by atoms with Crippen LogP contribution in [0.3, 0.4) is 0 Å². The minimum Gasteiger partial charge on any atom is -0.337 e. The average Bonchev–Trinajstić information content (AvgIpc) is 3.07. The summed E-state index contributed by atoms with van der Waals surface area (Å²) in [5.41, 5.74) is 1.93. The van der Waals surface area contributed by atoms with E-state index in [1.165, 1.54) is 23.7 Å². The van der Waals surface area contributed by atoms with Crippen LogP contribution >= 0.6 is 11.3 Å². The monoisotopic (exact) mass is 402 g/mol. The summed E-state index contributed by atoms with van der Waals surface area (Å²) in [5.74, 6) is 0.389. The predicted molar refractivity (Wildman–Crippen MR) is 102 cm³/mol. The number of nitrogens with one attached hydrogen (secondary N) is 2. The van der Waals surface area contributed by atoms with Crippen LogP contribution in [-0.2, 0) is 6.18 Å². The van der Waals surface area contributed by atoms with Gasteiger partial charge >= 0.3 is 6.18 Å². The van der Waals surface area contributed by atoms with Gasteiger partial charge in [-0.3, -0.25) is 0 Å². The maximum Gasteiger partial charge on any atom is 0.433 e. The summed E-state index contributed by atoms with van der Waals surface area (Å²) in [6, 6.07) is 10.0. The Bertz CT molecular complexity index is 1120. The number of anilines is 4. The van der Waals surface area contributed by atoms with E-state index in [2.05, 4.69) is 30.6 Å². The molecular formula is C18H13F3N6S. The number of nitrogens with zero attached hydrogens (tertiary/aromatic N) is 4. The largest absolute Gasteiger partial charge is 0.433 e. The fraction of sp³-hybridized carbons (Fsp3) is 0.111. The van der Waals surface area contributed by atoms with E-state index in [4.69, 9.17) is 0 Å². The molecule has 0 saturated carbocycles. The van der Waals surface area contributed by atoms with E-state index in [1.54, 1.807) is 0 Å². The van der Waals surface area contributed by atoms with Gasteiger partial charge in [-0.25, -0.2) is 19.9 Å². The number of hydrogen-bond acceptors (Lipinski definition) is 7. The number of benzene rings is 1. The second kappa shape index (κ2) is 7.04. The van der Waals surface area contributed by atoms with Gasteiger partial charge in [-0.1, -0.05) is 29.5 Å². The molecule has 0 atom stereocenters. The molecule has 0 spiro atoms. The number of pyridine rings is 1. The van der Waals surface area contributed by atoms with Crippen LogP contribution in [0.1, 0.15) is 11.3 Å². The molecule has 0 amide bonds. The first-order chi connectivity index (χ1) is 13.4. The highest BCUT2D eigenvalue weighted by Crippen LogP contribution is 2.32. The van der Waals surface area contributed by atoms with Crippen LogP contribution in [-0.4, -0.2) is 19.9 Å². The highest BCUT2D eigenvalue weighted by atomic mass is 32.1. The number of hydrogen-bond donors (Lipinski definition) is 2. The van der Waals surface area contributed by atoms with Crippen LogP contribution in [0.5, 0.6) is 0 Å². The van der Waals surface area contributed by atoms with Gasteiger partial charge in [0.15, 0.2) is 15.8 Å². The molecule has 0 fully saturated rings. The van der Waals surface area contributed by atoms with Crippen LogP contribution in [0.25, 0.3) is 10.3 Å². The van der Waals surface area contributed by atoms with E-state index < -0.39 is 11.9 Å². The van der Waals surface area contributed by atoms with Crippen molar-refractivity contribution in [3.63, 3.8) is 0 Å². The zero-order valence-electron chi connectivity index (χ0n) is 14.4. The number of para-hydroxylation sites is 1. The SMILES string of the molecule is Cc1ccccc1Nc1nc2c(Nc3ccc(C(F)(F)F)nc3)ncnc2s1. The van der Waals surface area contributed by atoms with Crippen molar-refractivity contribution in [1.29, 1.82) is 0 Å². The number of thiazole rings is 1. The number of aryl methyl sites for hydroxylation is 1. The zero-order valence-corrected chi connectivity index (χ0v) is 15.3. The lowest BCUT2D eigenvalue weighted by Gasteiger charge is -2.08. The van der Waals surface area contributed by atoms with E-state index >= 15 is 0 Å². The molecule has 4 aromatic rings. The Morgan fingerprint density at radius 1 is 0.964 bits per heavy atom. The molecule has 142 valence electrons. The molecule has 0 aliphatic carbocycles. The summed E-state index contributed by atoms with van der Waals surface area (Å²) in [6.07, 6.45) is -2.00. The minimum absolute atomic E-state index is 0.370. The van der Waals surface area contributed by atoms with Crippen LogP contribution in [0.15, 0.2) is 48.9 Å². The van der Waals surface area contributed by atoms with Crippen molar-refractivity contribution in [3.8, 4) is 0 Å². The fourth-order valence-electron chi connectivity index (χ4n) is 2.50. The maximum atomic E-state index is 12.6. The van der Waals surface area contributed by atoms with E-state index in [-0.39, 0.29) is 0 Å². The lowest BCUT2D eigenvalue weighted by molar-refractivity contribution is -0.141. The number of rotatable bonds is 4. The maximum absolute atomic E-state index is 12.6. The third-order valence-electron chi connectivity index (χ3n) is 3.90. The van der Waals surface area contributed by atoms with Crippen LogP contribution in [0.4, 0.5) is 35.5 Å². The van der Waals surface area contributed by atoms with Gasteiger partial charge in [0.05, 0.1) is 11.9 Å². The van der Waals surface area contributed by atoms with Crippen molar-refractivity contribution in [2.75, 3.05) is 10.6 Å². The number of halogens is 3. The Morgan fingerprint density at radius 2 is 1.79 bits per heavy atom. The third-order valence-corrected chi connectivity index (χ3v) is 4.78. The zero-order chi connectivity index (χ0) is 19.7. The summed E-state index contributed by atoms with van der Waals surface area (Å²) < 4.78 is 37.9. The van der Waals surface area contributed by atoms with Gasteiger partial charge in [0.25, 0.3) is 0 Å². The molecule has 3 aromatic heterocycles. The summed E-state index contributed by atoms with van der Waals surface area (Å²) in [7, 11) is 0. The van der Waals surface area contributed by atoms with E-state index in [9.17, 15) is 13.2 Å². The number of aromatic nitrogens is 4. The highest BCUT2D eigenvalue weighted by Gasteiger charge is 2.32. The standard InChI is InChI=1S/C18H13F3N6S/c1-10-4-2-3-5-12(10)26-17-27-14-15(23-9-24-16(14)28-17)25-11-6-7-13(22-8-11)18(19,20)21/h2-9H,1H3,(H,26,27)(H,23,24,25). The Kier molecular flexibility index (Phi) is 4.55. The van der Waals surface area contributed by atoms with E-state index in [1.807, 2.05) is 31.2 Å². The highest BCUT2D eigenvalue weighted by molar-refractivity contribution is 7.21. The van der Waals surface area contributed by atoms with Gasteiger partial charge < -0.3 is 10.6 Å². The van der Waals surface area contributed by atoms with Gasteiger partial charge in [0.1, 0.15) is 17.5 Å². The first-order valence-corrected chi connectivity index (χ1v) is 8.96. The number of alkyl halides is 3. The quantitative estimate of drug-likeness (QED) is 0.483. The molecule has 4 rings (SSSR count). The molecule has 0 aliphatic heterocycles. The predicted octanol–water partition coefficient (Wildman–Crippen LogP) is 5.30. The van der Waals surface area contributed by atoms with Crippen LogP contribution < -0.4 is 10.6 Å². The second-order valence-electron chi connectivity index (χ2n) is 5.89. The summed E-state index contributed by atoms with van der Waals surface area (Å²) in [5, 5.41) is 6.84. The molecule has 0 unspecified atom stereocenters. The van der Waals surface area contributed by atoms with Gasteiger partial charge in [0, 0.05) is 5.69 Å². The van der Waals surface area contributed by atoms with Crippen molar-refractivity contribution in [2.45, 2.75) is 13.1 Å². The Labute approximate surface area is 161 Å². The molecule has 1 aromatic carbocycles. The topological polar surface area (TPSA) is 75.6 Å². The van der Waals surface area contributed by atoms with Crippen molar-refractivity contribution in [1.82, 2.24) is 19.9 Å². The summed E-state index contributed by atoms with van der Waals surface area (Å²) >= 11 is 1.35. The Hall–Kier alpha value is -3.27. The normalized spacial score (nSPS) is 11.6. The van der Waals surface area contributed by atoms with E-state index in [0.717, 1.165) is 23.5 Å². The van der Waals surface area contributed by atoms with E-state index in [0.29, 0.717) is 27.0 Å². The first-order valence-electron chi connectivity index (χ1n) is 8.14. The van der Waals surface area contributed by atoms with Crippen molar-refractivity contribution < 1.29 is 13.2 Å². The van der Waals surface area contributed by atoms with Gasteiger partial charge in [0.2, 0.25) is 0 Å². The van der Waals surface area contributed by atoms with Crippen molar-refractivity contribution in [2.24, 2.45) is 0 Å². The summed E-state index contributed by atoms with van der Waals surface area (Å²) in [6.45, 7) is 1.99. The average molecular weight is 402 g/mol. The molecule has 0 radical (unpaired) electrons. The second-order valence-corrected chi connectivity index (χ2v) is 6.87. The lowest BCUT2D eigenvalue weighted by Crippen LogP contribution is -2.07. The molecule has 6 nitrogen and oxygen atoms in total. The first kappa shape index (κ1) is 18.1. The third kappa shape index (κ3) is 3.72. The minimum atomic E-state index is -4.48. The molecule has 0 saturated heterocycles. The van der Waals surface area contributed by atoms with Gasteiger partial charge in [-0.15, -0.1) is 0 Å². The summed E-state index contributed by atoms with van der Waals surface area (Å²) in [4.78, 5) is 17.0. The molecular weight excluding hydrogens is 389 g/mol. The number of fused-ring (bicyclic) bond motifs is 1. The Morgan fingerprint density at radius 3 is 2.50 bits per heavy atom. The van der Waals surface area contributed by atoms with Crippen LogP contribution in [0, 0.1) is 6.92 Å². The smallest absolute Gasteiger partial charge is 0.337 e. The molecule has 2 N–H and O–H groups in total. The lowest BCUT2D eigenvalue weighted by atomic mass is 10.2. The molecule has 28 heavy (non-hydrogen) atoms.